The number of carbonyl (C=O) groups excluding carboxylic acids is 1. The zero-order valence-corrected chi connectivity index (χ0v) is 17.7. The first kappa shape index (κ1) is 21.6. The Labute approximate surface area is 165 Å². The van der Waals surface area contributed by atoms with Crippen molar-refractivity contribution in [3.8, 4) is 0 Å². The molecule has 1 heterocycles. The summed E-state index contributed by atoms with van der Waals surface area (Å²) in [5.41, 5.74) is 1.67. The molecule has 148 valence electrons. The number of carbonyl (C=O) groups is 1. The van der Waals surface area contributed by atoms with Gasteiger partial charge in [-0.3, -0.25) is 4.79 Å². The van der Waals surface area contributed by atoms with Gasteiger partial charge < -0.3 is 4.90 Å². The lowest BCUT2D eigenvalue weighted by Gasteiger charge is -2.24. The molecule has 0 spiro atoms. The van der Waals surface area contributed by atoms with E-state index in [9.17, 15) is 13.2 Å². The molecule has 7 nitrogen and oxygen atoms in total. The average molecular weight is 411 g/mol. The van der Waals surface area contributed by atoms with Gasteiger partial charge in [0.05, 0.1) is 17.8 Å². The fraction of sp³-hybridized carbons (Fsp3) is 0.500. The van der Waals surface area contributed by atoms with E-state index in [1.165, 1.54) is 4.90 Å². The van der Waals surface area contributed by atoms with Crippen LogP contribution in [0, 0.1) is 6.92 Å². The topological polar surface area (TPSA) is 92.3 Å². The minimum absolute atomic E-state index is 0.0628. The number of thioether (sulfide) groups is 1. The molecule has 1 N–H and O–H groups in total. The number of hydrogen-bond acceptors (Lipinski definition) is 6. The lowest BCUT2D eigenvalue weighted by Crippen LogP contribution is -2.47. The van der Waals surface area contributed by atoms with Crippen LogP contribution >= 0.6 is 11.8 Å². The first-order chi connectivity index (χ1) is 12.8. The van der Waals surface area contributed by atoms with Gasteiger partial charge in [-0.2, -0.15) is 11.8 Å². The third-order valence-corrected chi connectivity index (χ3v) is 6.25. The molecule has 0 saturated heterocycles. The SMILES string of the molecule is CCS(=O)(=O)NC(CCSC)C(=O)N(C)Cc1nc(C)c2ccccc2n1. The number of hydrogen-bond donors (Lipinski definition) is 1. The predicted molar refractivity (Wildman–Crippen MR) is 110 cm³/mol. The molecule has 2 aromatic rings. The Morgan fingerprint density at radius 2 is 2.00 bits per heavy atom. The maximum absolute atomic E-state index is 12.8. The van der Waals surface area contributed by atoms with Gasteiger partial charge in [-0.05, 0) is 38.3 Å². The third-order valence-electron chi connectivity index (χ3n) is 4.21. The average Bonchev–Trinajstić information content (AvgIpc) is 2.64. The van der Waals surface area contributed by atoms with Crippen molar-refractivity contribution in [3.63, 3.8) is 0 Å². The molecule has 0 radical (unpaired) electrons. The number of likely N-dealkylation sites (N-methyl/N-ethyl adjacent to an activating group) is 1. The predicted octanol–water partition coefficient (Wildman–Crippen LogP) is 1.96. The second-order valence-corrected chi connectivity index (χ2v) is 9.32. The molecule has 0 saturated carbocycles. The molecular weight excluding hydrogens is 384 g/mol. The summed E-state index contributed by atoms with van der Waals surface area (Å²) in [5.74, 6) is 0.869. The van der Waals surface area contributed by atoms with Crippen molar-refractivity contribution in [2.45, 2.75) is 32.9 Å². The molecule has 0 aliphatic rings. The first-order valence-electron chi connectivity index (χ1n) is 8.73. The fourth-order valence-electron chi connectivity index (χ4n) is 2.69. The lowest BCUT2D eigenvalue weighted by molar-refractivity contribution is -0.132. The van der Waals surface area contributed by atoms with Crippen molar-refractivity contribution in [2.75, 3.05) is 24.8 Å². The number of nitrogens with zero attached hydrogens (tertiary/aromatic N) is 3. The van der Waals surface area contributed by atoms with Crippen molar-refractivity contribution in [1.29, 1.82) is 0 Å². The summed E-state index contributed by atoms with van der Waals surface area (Å²) in [6.45, 7) is 3.67. The molecule has 1 unspecified atom stereocenters. The molecule has 2 rings (SSSR count). The van der Waals surface area contributed by atoms with Crippen LogP contribution in [-0.2, 0) is 21.4 Å². The molecule has 27 heavy (non-hydrogen) atoms. The molecule has 1 aromatic heterocycles. The molecule has 0 fully saturated rings. The van der Waals surface area contributed by atoms with Gasteiger partial charge in [-0.15, -0.1) is 0 Å². The Morgan fingerprint density at radius 3 is 2.67 bits per heavy atom. The van der Waals surface area contributed by atoms with Gasteiger partial charge in [0.2, 0.25) is 15.9 Å². The fourth-order valence-corrected chi connectivity index (χ4v) is 3.98. The van der Waals surface area contributed by atoms with Crippen LogP contribution in [0.15, 0.2) is 24.3 Å². The van der Waals surface area contributed by atoms with Crippen LogP contribution in [0.25, 0.3) is 10.9 Å². The highest BCUT2D eigenvalue weighted by molar-refractivity contribution is 7.98. The number of fused-ring (bicyclic) bond motifs is 1. The van der Waals surface area contributed by atoms with Crippen molar-refractivity contribution >= 4 is 38.6 Å². The van der Waals surface area contributed by atoms with Gasteiger partial charge in [0, 0.05) is 18.1 Å². The van der Waals surface area contributed by atoms with Crippen LogP contribution in [0.2, 0.25) is 0 Å². The van der Waals surface area contributed by atoms with Crippen LogP contribution < -0.4 is 4.72 Å². The second-order valence-electron chi connectivity index (χ2n) is 6.29. The zero-order valence-electron chi connectivity index (χ0n) is 16.1. The van der Waals surface area contributed by atoms with Crippen LogP contribution in [0.5, 0.6) is 0 Å². The number of rotatable bonds is 9. The largest absolute Gasteiger partial charge is 0.337 e. The number of sulfonamides is 1. The Morgan fingerprint density at radius 1 is 1.30 bits per heavy atom. The zero-order chi connectivity index (χ0) is 20.0. The monoisotopic (exact) mass is 410 g/mol. The number of aryl methyl sites for hydroxylation is 1. The molecule has 1 aromatic carbocycles. The summed E-state index contributed by atoms with van der Waals surface area (Å²) in [6.07, 6.45) is 2.35. The van der Waals surface area contributed by atoms with E-state index in [-0.39, 0.29) is 18.2 Å². The number of para-hydroxylation sites is 1. The summed E-state index contributed by atoms with van der Waals surface area (Å²) in [5, 5.41) is 0.976. The van der Waals surface area contributed by atoms with Crippen molar-refractivity contribution in [2.24, 2.45) is 0 Å². The molecule has 1 atom stereocenters. The summed E-state index contributed by atoms with van der Waals surface area (Å²) < 4.78 is 26.4. The second kappa shape index (κ2) is 9.48. The van der Waals surface area contributed by atoms with Crippen LogP contribution in [0.4, 0.5) is 0 Å². The summed E-state index contributed by atoms with van der Waals surface area (Å²) in [4.78, 5) is 23.3. The van der Waals surface area contributed by atoms with Crippen molar-refractivity contribution < 1.29 is 13.2 Å². The number of amides is 1. The van der Waals surface area contributed by atoms with E-state index < -0.39 is 16.1 Å². The van der Waals surface area contributed by atoms with Crippen molar-refractivity contribution in [3.05, 3.63) is 35.8 Å². The molecule has 0 aliphatic heterocycles. The maximum Gasteiger partial charge on any atom is 0.240 e. The summed E-state index contributed by atoms with van der Waals surface area (Å²) in [6, 6.07) is 6.93. The van der Waals surface area contributed by atoms with E-state index in [2.05, 4.69) is 14.7 Å². The number of nitrogens with one attached hydrogen (secondary N) is 1. The van der Waals surface area contributed by atoms with Gasteiger partial charge in [-0.1, -0.05) is 18.2 Å². The Bertz CT molecular complexity index is 903. The highest BCUT2D eigenvalue weighted by Gasteiger charge is 2.26. The van der Waals surface area contributed by atoms with Crippen LogP contribution in [0.1, 0.15) is 24.9 Å². The van der Waals surface area contributed by atoms with E-state index in [1.54, 1.807) is 25.7 Å². The van der Waals surface area contributed by atoms with Crippen LogP contribution in [0.3, 0.4) is 0 Å². The quantitative estimate of drug-likeness (QED) is 0.679. The van der Waals surface area contributed by atoms with Crippen LogP contribution in [-0.4, -0.2) is 60.0 Å². The normalized spacial score (nSPS) is 12.9. The van der Waals surface area contributed by atoms with Gasteiger partial charge in [-0.25, -0.2) is 23.1 Å². The Balaban J connectivity index is 2.18. The van der Waals surface area contributed by atoms with E-state index in [1.807, 2.05) is 37.4 Å². The van der Waals surface area contributed by atoms with Crippen molar-refractivity contribution in [1.82, 2.24) is 19.6 Å². The maximum atomic E-state index is 12.8. The highest BCUT2D eigenvalue weighted by atomic mass is 32.2. The molecule has 0 aliphatic carbocycles. The molecule has 1 amide bonds. The minimum Gasteiger partial charge on any atom is -0.337 e. The van der Waals surface area contributed by atoms with Gasteiger partial charge in [0.1, 0.15) is 11.9 Å². The standard InChI is InChI=1S/C18H26N4O3S2/c1-5-27(24,25)21-16(10-11-26-4)18(23)22(3)12-17-19-13(2)14-8-6-7-9-15(14)20-17/h6-9,16,21H,5,10-12H2,1-4H3. The van der Waals surface area contributed by atoms with E-state index >= 15 is 0 Å². The Hall–Kier alpha value is -1.71. The number of benzene rings is 1. The summed E-state index contributed by atoms with van der Waals surface area (Å²) >= 11 is 1.57. The Kier molecular flexibility index (Phi) is 7.58. The third kappa shape index (κ3) is 5.88. The van der Waals surface area contributed by atoms with E-state index in [0.717, 1.165) is 16.6 Å². The van der Waals surface area contributed by atoms with E-state index in [4.69, 9.17) is 0 Å². The molecular formula is C18H26N4O3S2. The molecule has 0 bridgehead atoms. The smallest absolute Gasteiger partial charge is 0.240 e. The first-order valence-corrected chi connectivity index (χ1v) is 11.8. The number of aromatic nitrogens is 2. The summed E-state index contributed by atoms with van der Waals surface area (Å²) in [7, 11) is -1.83. The lowest BCUT2D eigenvalue weighted by atomic mass is 10.2. The molecule has 9 heteroatoms. The van der Waals surface area contributed by atoms with Gasteiger partial charge in [0.15, 0.2) is 0 Å². The van der Waals surface area contributed by atoms with Gasteiger partial charge in [0.25, 0.3) is 0 Å². The highest BCUT2D eigenvalue weighted by Crippen LogP contribution is 2.15. The van der Waals surface area contributed by atoms with Gasteiger partial charge >= 0.3 is 0 Å². The van der Waals surface area contributed by atoms with E-state index in [0.29, 0.717) is 18.0 Å². The minimum atomic E-state index is -3.47.